The summed E-state index contributed by atoms with van der Waals surface area (Å²) in [5.41, 5.74) is 4.67. The van der Waals surface area contributed by atoms with Crippen LogP contribution in [0.4, 0.5) is 0 Å². The Morgan fingerprint density at radius 2 is 1.61 bits per heavy atom. The van der Waals surface area contributed by atoms with Crippen molar-refractivity contribution in [2.75, 3.05) is 20.1 Å². The lowest BCUT2D eigenvalue weighted by Crippen LogP contribution is -2.45. The Morgan fingerprint density at radius 3 is 2.29 bits per heavy atom. The molecule has 1 aliphatic carbocycles. The minimum Gasteiger partial charge on any atom is -0.339 e. The Labute approximate surface area is 242 Å². The summed E-state index contributed by atoms with van der Waals surface area (Å²) >= 11 is 0. The number of benzene rings is 2. The first-order valence-electron chi connectivity index (χ1n) is 14.9. The van der Waals surface area contributed by atoms with Crippen molar-refractivity contribution in [2.24, 2.45) is 11.8 Å². The van der Waals surface area contributed by atoms with Gasteiger partial charge in [0.15, 0.2) is 11.5 Å². The number of fused-ring (bicyclic) bond motifs is 1. The van der Waals surface area contributed by atoms with Gasteiger partial charge in [-0.1, -0.05) is 62.4 Å². The Bertz CT molecular complexity index is 1520. The van der Waals surface area contributed by atoms with Crippen molar-refractivity contribution in [2.45, 2.75) is 58.0 Å². The number of amides is 1. The van der Waals surface area contributed by atoms with Gasteiger partial charge in [-0.05, 0) is 62.6 Å². The first-order valence-corrected chi connectivity index (χ1v) is 14.9. The number of hydrogen-bond acceptors (Lipinski definition) is 5. The topological polar surface area (TPSA) is 70.8 Å². The van der Waals surface area contributed by atoms with Crippen LogP contribution in [-0.4, -0.2) is 62.3 Å². The normalized spacial score (nSPS) is 17.6. The molecule has 0 spiro atoms. The molecule has 2 aromatic carbocycles. The third-order valence-corrected chi connectivity index (χ3v) is 9.04. The highest BCUT2D eigenvalue weighted by Crippen LogP contribution is 2.36. The van der Waals surface area contributed by atoms with Gasteiger partial charge in [-0.25, -0.2) is 9.50 Å². The molecule has 0 N–H and O–H groups in total. The van der Waals surface area contributed by atoms with E-state index in [1.54, 1.807) is 0 Å². The van der Waals surface area contributed by atoms with Crippen molar-refractivity contribution in [3.63, 3.8) is 0 Å². The van der Waals surface area contributed by atoms with E-state index < -0.39 is 0 Å². The second kappa shape index (κ2) is 11.6. The summed E-state index contributed by atoms with van der Waals surface area (Å²) in [6.07, 6.45) is 3.99. The Balaban J connectivity index is 1.11. The summed E-state index contributed by atoms with van der Waals surface area (Å²) in [5, 5.41) is 4.82. The average molecular weight is 550 g/mol. The van der Waals surface area contributed by atoms with Crippen molar-refractivity contribution >= 4 is 17.3 Å². The molecular weight excluding hydrogens is 510 g/mol. The third kappa shape index (κ3) is 5.82. The summed E-state index contributed by atoms with van der Waals surface area (Å²) in [7, 11) is 2.18. The van der Waals surface area contributed by atoms with Crippen LogP contribution in [0.2, 0.25) is 0 Å². The second-order valence-electron chi connectivity index (χ2n) is 11.9. The number of hydrogen-bond donors (Lipinski definition) is 0. The summed E-state index contributed by atoms with van der Waals surface area (Å²) in [6, 6.07) is 24.8. The lowest BCUT2D eigenvalue weighted by molar-refractivity contribution is -0.124. The van der Waals surface area contributed by atoms with Crippen LogP contribution < -0.4 is 0 Å². The molecule has 2 aliphatic rings. The summed E-state index contributed by atoms with van der Waals surface area (Å²) < 4.78 is 1.85. The van der Waals surface area contributed by atoms with E-state index in [-0.39, 0.29) is 23.7 Å². The number of carbonyl (C=O) groups excluding carboxylic acids is 2. The molecule has 2 aromatic heterocycles. The number of Topliss-reactive ketones (excluding diaryl/α,β-unsaturated/α-hetero) is 1. The number of pyridine rings is 1. The summed E-state index contributed by atoms with van der Waals surface area (Å²) in [4.78, 5) is 35.1. The predicted octanol–water partition coefficient (Wildman–Crippen LogP) is 5.85. The Morgan fingerprint density at radius 1 is 0.902 bits per heavy atom. The van der Waals surface area contributed by atoms with Crippen molar-refractivity contribution < 1.29 is 9.59 Å². The molecular formula is C34H39N5O2. The van der Waals surface area contributed by atoms with Gasteiger partial charge in [0, 0.05) is 54.6 Å². The Hall–Kier alpha value is -3.84. The van der Waals surface area contributed by atoms with Crippen LogP contribution in [0.1, 0.15) is 67.2 Å². The summed E-state index contributed by atoms with van der Waals surface area (Å²) in [6.45, 7) is 6.51. The standard InChI is InChI=1S/C34H39N5O2/c1-23(32(40)27-14-15-27)24(2)33-35-31-11-7-10-30(39(31)36-33)26-12-16-28(17-13-26)34(41)38-20-18-29(19-21-38)37(3)22-25-8-5-4-6-9-25/h4-13,16-17,23-24,27,29H,14-15,18-22H2,1-3H3. The zero-order chi connectivity index (χ0) is 28.5. The number of nitrogens with zero attached hydrogens (tertiary/aromatic N) is 5. The molecule has 0 bridgehead atoms. The minimum atomic E-state index is -0.0945. The lowest BCUT2D eigenvalue weighted by atomic mass is 9.89. The van der Waals surface area contributed by atoms with Crippen LogP contribution in [0.25, 0.3) is 16.9 Å². The maximum Gasteiger partial charge on any atom is 0.253 e. The van der Waals surface area contributed by atoms with Crippen LogP contribution in [0.15, 0.2) is 72.8 Å². The molecule has 1 aliphatic heterocycles. The summed E-state index contributed by atoms with van der Waals surface area (Å²) in [5.74, 6) is 1.21. The first-order chi connectivity index (χ1) is 19.9. The van der Waals surface area contributed by atoms with Gasteiger partial charge < -0.3 is 4.90 Å². The van der Waals surface area contributed by atoms with E-state index in [9.17, 15) is 9.59 Å². The molecule has 2 unspecified atom stereocenters. The molecule has 212 valence electrons. The number of likely N-dealkylation sites (tertiary alicyclic amines) is 1. The highest BCUT2D eigenvalue weighted by molar-refractivity contribution is 5.94. The molecule has 1 saturated heterocycles. The molecule has 41 heavy (non-hydrogen) atoms. The lowest BCUT2D eigenvalue weighted by Gasteiger charge is -2.37. The second-order valence-corrected chi connectivity index (χ2v) is 11.9. The van der Waals surface area contributed by atoms with E-state index in [0.29, 0.717) is 23.2 Å². The quantitative estimate of drug-likeness (QED) is 0.262. The fourth-order valence-electron chi connectivity index (χ4n) is 6.02. The third-order valence-electron chi connectivity index (χ3n) is 9.04. The maximum atomic E-state index is 13.3. The van der Waals surface area contributed by atoms with E-state index in [1.807, 2.05) is 71.8 Å². The first kappa shape index (κ1) is 27.3. The molecule has 3 heterocycles. The molecule has 4 aromatic rings. The van der Waals surface area contributed by atoms with Gasteiger partial charge in [-0.15, -0.1) is 0 Å². The fraction of sp³-hybridized carbons (Fsp3) is 0.412. The van der Waals surface area contributed by atoms with E-state index >= 15 is 0 Å². The van der Waals surface area contributed by atoms with Crippen molar-refractivity contribution in [1.82, 2.24) is 24.4 Å². The van der Waals surface area contributed by atoms with Gasteiger partial charge in [0.2, 0.25) is 0 Å². The van der Waals surface area contributed by atoms with Gasteiger partial charge in [0.25, 0.3) is 5.91 Å². The van der Waals surface area contributed by atoms with Crippen LogP contribution in [-0.2, 0) is 11.3 Å². The molecule has 1 saturated carbocycles. The SMILES string of the molecule is CC(C(=O)C1CC1)C(C)c1nc2cccc(-c3ccc(C(=O)N4CCC(N(C)Cc5ccccc5)CC4)cc3)n2n1. The molecule has 6 rings (SSSR count). The van der Waals surface area contributed by atoms with Gasteiger partial charge in [0.05, 0.1) is 5.69 Å². The zero-order valence-electron chi connectivity index (χ0n) is 24.2. The predicted molar refractivity (Wildman–Crippen MR) is 161 cm³/mol. The van der Waals surface area contributed by atoms with Gasteiger partial charge in [0.1, 0.15) is 5.78 Å². The smallest absolute Gasteiger partial charge is 0.253 e. The van der Waals surface area contributed by atoms with Gasteiger partial charge in [-0.2, -0.15) is 5.10 Å². The number of rotatable bonds is 9. The maximum absolute atomic E-state index is 13.3. The van der Waals surface area contributed by atoms with Crippen molar-refractivity contribution in [3.8, 4) is 11.3 Å². The van der Waals surface area contributed by atoms with Crippen LogP contribution in [0.5, 0.6) is 0 Å². The minimum absolute atomic E-state index is 0.0434. The highest BCUT2D eigenvalue weighted by Gasteiger charge is 2.36. The molecule has 7 heteroatoms. The largest absolute Gasteiger partial charge is 0.339 e. The Kier molecular flexibility index (Phi) is 7.71. The van der Waals surface area contributed by atoms with E-state index in [0.717, 1.165) is 62.2 Å². The average Bonchev–Trinajstić information content (AvgIpc) is 3.78. The molecule has 7 nitrogen and oxygen atoms in total. The van der Waals surface area contributed by atoms with E-state index in [2.05, 4.69) is 36.2 Å². The molecule has 2 fully saturated rings. The highest BCUT2D eigenvalue weighted by atomic mass is 16.2. The molecule has 1 amide bonds. The fourth-order valence-corrected chi connectivity index (χ4v) is 6.02. The monoisotopic (exact) mass is 549 g/mol. The van der Waals surface area contributed by atoms with Crippen LogP contribution >= 0.6 is 0 Å². The van der Waals surface area contributed by atoms with E-state index in [4.69, 9.17) is 10.1 Å². The number of ketones is 1. The van der Waals surface area contributed by atoms with Crippen molar-refractivity contribution in [3.05, 3.63) is 89.7 Å². The number of piperidine rings is 1. The number of carbonyl (C=O) groups is 2. The van der Waals surface area contributed by atoms with Crippen LogP contribution in [0.3, 0.4) is 0 Å². The molecule has 2 atom stereocenters. The molecule has 0 radical (unpaired) electrons. The van der Waals surface area contributed by atoms with Gasteiger partial charge in [-0.3, -0.25) is 14.5 Å². The zero-order valence-corrected chi connectivity index (χ0v) is 24.2. The van der Waals surface area contributed by atoms with E-state index in [1.165, 1.54) is 5.56 Å². The van der Waals surface area contributed by atoms with Crippen molar-refractivity contribution in [1.29, 1.82) is 0 Å². The van der Waals surface area contributed by atoms with Gasteiger partial charge >= 0.3 is 0 Å². The van der Waals surface area contributed by atoms with Crippen LogP contribution in [0, 0.1) is 11.8 Å². The number of aromatic nitrogens is 3.